The van der Waals surface area contributed by atoms with E-state index in [-0.39, 0.29) is 5.41 Å². The first kappa shape index (κ1) is 17.0. The monoisotopic (exact) mass is 373 g/mol. The Bertz CT molecular complexity index is 981. The second kappa shape index (κ2) is 5.70. The van der Waals surface area contributed by atoms with Crippen molar-refractivity contribution in [3.8, 4) is 0 Å². The number of anilines is 1. The van der Waals surface area contributed by atoms with Crippen LogP contribution in [0, 0.1) is 23.2 Å². The van der Waals surface area contributed by atoms with Crippen LogP contribution >= 0.6 is 0 Å². The molecule has 146 valence electrons. The number of rotatable bonds is 4. The van der Waals surface area contributed by atoms with E-state index in [4.69, 9.17) is 0 Å². The molecule has 6 rings (SSSR count). The summed E-state index contributed by atoms with van der Waals surface area (Å²) in [5, 5.41) is 14.2. The number of H-pyrrole nitrogens is 1. The van der Waals surface area contributed by atoms with E-state index in [9.17, 15) is 14.7 Å². The minimum Gasteiger partial charge on any atom is -0.391 e. The molecule has 0 spiro atoms. The summed E-state index contributed by atoms with van der Waals surface area (Å²) in [6.07, 6.45) is 7.03. The number of fused-ring (bicyclic) bond motifs is 1. The van der Waals surface area contributed by atoms with Gasteiger partial charge in [-0.25, -0.2) is 4.79 Å². The molecule has 4 saturated carbocycles. The lowest BCUT2D eigenvalue weighted by Gasteiger charge is -2.58. The minimum absolute atomic E-state index is 0.0384. The average Bonchev–Trinajstić information content (AvgIpc) is 3.06. The van der Waals surface area contributed by atoms with Crippen molar-refractivity contribution in [2.75, 3.05) is 11.9 Å². The van der Waals surface area contributed by atoms with E-state index < -0.39 is 17.4 Å². The maximum absolute atomic E-state index is 12.3. The normalized spacial score (nSPS) is 32.9. The Morgan fingerprint density at radius 1 is 1.15 bits per heavy atom. The van der Waals surface area contributed by atoms with Crippen LogP contribution in [-0.2, 0) is 14.1 Å². The molecule has 4 aliphatic carbocycles. The molecule has 4 fully saturated rings. The van der Waals surface area contributed by atoms with Crippen LogP contribution in [0.1, 0.15) is 38.5 Å². The van der Waals surface area contributed by atoms with Gasteiger partial charge in [-0.3, -0.25) is 13.9 Å². The summed E-state index contributed by atoms with van der Waals surface area (Å²) < 4.78 is 2.42. The maximum Gasteiger partial charge on any atom is 0.332 e. The van der Waals surface area contributed by atoms with Crippen molar-refractivity contribution in [3.63, 3.8) is 0 Å². The molecule has 4 bridgehead atoms. The van der Waals surface area contributed by atoms with E-state index in [1.165, 1.54) is 30.9 Å². The molecule has 2 aromatic heterocycles. The van der Waals surface area contributed by atoms with Crippen LogP contribution in [0.4, 0.5) is 5.95 Å². The van der Waals surface area contributed by atoms with Crippen LogP contribution in [-0.4, -0.2) is 36.9 Å². The number of nitrogens with zero attached hydrogens (tertiary/aromatic N) is 3. The van der Waals surface area contributed by atoms with Gasteiger partial charge >= 0.3 is 5.69 Å². The van der Waals surface area contributed by atoms with Crippen LogP contribution in [0.2, 0.25) is 0 Å². The van der Waals surface area contributed by atoms with Crippen molar-refractivity contribution in [2.24, 2.45) is 37.3 Å². The van der Waals surface area contributed by atoms with Crippen LogP contribution in [0.25, 0.3) is 11.2 Å². The Labute approximate surface area is 156 Å². The highest BCUT2D eigenvalue weighted by Gasteiger charge is 2.53. The summed E-state index contributed by atoms with van der Waals surface area (Å²) in [5.41, 5.74) is -0.132. The highest BCUT2D eigenvalue weighted by atomic mass is 16.3. The Balaban J connectivity index is 1.37. The van der Waals surface area contributed by atoms with Gasteiger partial charge in [-0.2, -0.15) is 4.98 Å². The Morgan fingerprint density at radius 3 is 2.33 bits per heavy atom. The summed E-state index contributed by atoms with van der Waals surface area (Å²) in [6.45, 7) is 0.403. The minimum atomic E-state index is -0.425. The largest absolute Gasteiger partial charge is 0.391 e. The molecule has 27 heavy (non-hydrogen) atoms. The van der Waals surface area contributed by atoms with Gasteiger partial charge in [0.1, 0.15) is 0 Å². The molecule has 1 atom stereocenters. The van der Waals surface area contributed by atoms with E-state index in [0.717, 1.165) is 41.6 Å². The fraction of sp³-hybridized carbons (Fsp3) is 0.737. The standard InChI is InChI=1S/C19H27N5O3/c1-23-15-14(16(26)24(2)18(23)27)21-17(22-15)20-9-13(25)19-6-10-3-11(7-19)5-12(4-10)8-19/h10-13,25H,3-9H2,1-2H3,(H2,20,21,22). The lowest BCUT2D eigenvalue weighted by atomic mass is 9.48. The number of aryl methyl sites for hydroxylation is 1. The van der Waals surface area contributed by atoms with Crippen molar-refractivity contribution >= 4 is 17.1 Å². The summed E-state index contributed by atoms with van der Waals surface area (Å²) in [6, 6.07) is 0. The average molecular weight is 373 g/mol. The molecule has 0 amide bonds. The molecule has 0 saturated heterocycles. The number of nitrogens with one attached hydrogen (secondary N) is 2. The third kappa shape index (κ3) is 2.49. The summed E-state index contributed by atoms with van der Waals surface area (Å²) in [7, 11) is 3.05. The van der Waals surface area contributed by atoms with Crippen LogP contribution in [0.3, 0.4) is 0 Å². The van der Waals surface area contributed by atoms with Crippen molar-refractivity contribution in [3.05, 3.63) is 20.8 Å². The number of aliphatic hydroxyl groups is 1. The van der Waals surface area contributed by atoms with E-state index in [1.807, 2.05) is 0 Å². The van der Waals surface area contributed by atoms with Gasteiger partial charge in [0.15, 0.2) is 11.2 Å². The Morgan fingerprint density at radius 2 is 1.74 bits per heavy atom. The predicted octanol–water partition coefficient (Wildman–Crippen LogP) is 0.949. The molecule has 3 N–H and O–H groups in total. The van der Waals surface area contributed by atoms with Gasteiger partial charge in [-0.15, -0.1) is 0 Å². The van der Waals surface area contributed by atoms with Gasteiger partial charge in [-0.05, 0) is 61.7 Å². The highest BCUT2D eigenvalue weighted by molar-refractivity contribution is 5.72. The molecule has 0 radical (unpaired) electrons. The highest BCUT2D eigenvalue weighted by Crippen LogP contribution is 2.61. The first-order valence-corrected chi connectivity index (χ1v) is 9.94. The third-order valence-corrected chi connectivity index (χ3v) is 7.35. The second-order valence-electron chi connectivity index (χ2n) is 9.17. The third-order valence-electron chi connectivity index (χ3n) is 7.35. The van der Waals surface area contributed by atoms with Gasteiger partial charge in [0, 0.05) is 20.6 Å². The van der Waals surface area contributed by atoms with Crippen LogP contribution < -0.4 is 16.6 Å². The van der Waals surface area contributed by atoms with Crippen molar-refractivity contribution in [1.29, 1.82) is 0 Å². The first-order chi connectivity index (χ1) is 12.9. The van der Waals surface area contributed by atoms with Crippen molar-refractivity contribution in [1.82, 2.24) is 19.1 Å². The second-order valence-corrected chi connectivity index (χ2v) is 9.17. The number of aromatic amines is 1. The summed E-state index contributed by atoms with van der Waals surface area (Å²) in [5.74, 6) is 2.78. The SMILES string of the molecule is Cn1c(=O)c2[nH]c(NCC(O)C34CC5CC(CC(C5)C3)C4)nc2n(C)c1=O. The van der Waals surface area contributed by atoms with E-state index in [0.29, 0.717) is 23.7 Å². The number of aromatic nitrogens is 4. The first-order valence-electron chi connectivity index (χ1n) is 9.94. The number of hydrogen-bond donors (Lipinski definition) is 3. The molecule has 2 heterocycles. The van der Waals surface area contributed by atoms with Crippen LogP contribution in [0.5, 0.6) is 0 Å². The van der Waals surface area contributed by atoms with Gasteiger partial charge in [0.25, 0.3) is 5.56 Å². The molecular formula is C19H27N5O3. The lowest BCUT2D eigenvalue weighted by molar-refractivity contribution is -0.115. The van der Waals surface area contributed by atoms with Gasteiger partial charge in [0.2, 0.25) is 5.95 Å². The van der Waals surface area contributed by atoms with E-state index in [1.54, 1.807) is 7.05 Å². The zero-order valence-electron chi connectivity index (χ0n) is 15.9. The molecule has 0 aromatic carbocycles. The Kier molecular flexibility index (Phi) is 3.60. The van der Waals surface area contributed by atoms with Gasteiger partial charge in [0.05, 0.1) is 6.10 Å². The lowest BCUT2D eigenvalue weighted by Crippen LogP contribution is -2.53. The molecule has 0 aliphatic heterocycles. The molecule has 8 heteroatoms. The quantitative estimate of drug-likeness (QED) is 0.740. The summed E-state index contributed by atoms with van der Waals surface area (Å²) in [4.78, 5) is 31.7. The van der Waals surface area contributed by atoms with Crippen molar-refractivity contribution < 1.29 is 5.11 Å². The zero-order valence-corrected chi connectivity index (χ0v) is 15.9. The van der Waals surface area contributed by atoms with E-state index >= 15 is 0 Å². The predicted molar refractivity (Wildman–Crippen MR) is 102 cm³/mol. The Hall–Kier alpha value is -2.09. The zero-order chi connectivity index (χ0) is 18.9. The number of hydrogen-bond acceptors (Lipinski definition) is 5. The maximum atomic E-state index is 12.3. The smallest absolute Gasteiger partial charge is 0.332 e. The van der Waals surface area contributed by atoms with E-state index in [2.05, 4.69) is 15.3 Å². The molecule has 8 nitrogen and oxygen atoms in total. The fourth-order valence-electron chi connectivity index (χ4n) is 6.41. The number of imidazole rings is 1. The van der Waals surface area contributed by atoms with Crippen molar-refractivity contribution in [2.45, 2.75) is 44.6 Å². The molecule has 1 unspecified atom stereocenters. The van der Waals surface area contributed by atoms with Gasteiger partial charge < -0.3 is 15.4 Å². The molecule has 2 aromatic rings. The summed E-state index contributed by atoms with van der Waals surface area (Å²) >= 11 is 0. The topological polar surface area (TPSA) is 105 Å². The number of aliphatic hydroxyl groups excluding tert-OH is 1. The molecular weight excluding hydrogens is 346 g/mol. The molecule has 4 aliphatic rings. The fourth-order valence-corrected chi connectivity index (χ4v) is 6.41. The van der Waals surface area contributed by atoms with Crippen LogP contribution in [0.15, 0.2) is 9.59 Å². The van der Waals surface area contributed by atoms with Gasteiger partial charge in [-0.1, -0.05) is 0 Å².